The fraction of sp³-hybridized carbons (Fsp3) is 0.458. The van der Waals surface area contributed by atoms with E-state index < -0.39 is 5.97 Å². The minimum Gasteiger partial charge on any atom is -0.507 e. The Morgan fingerprint density at radius 1 is 1.11 bits per heavy atom. The van der Waals surface area contributed by atoms with Crippen molar-refractivity contribution in [1.82, 2.24) is 0 Å². The van der Waals surface area contributed by atoms with Gasteiger partial charge in [0.2, 0.25) is 0 Å². The number of phenolic OH excluding ortho intramolecular Hbond substituents is 1. The van der Waals surface area contributed by atoms with Crippen LogP contribution in [0.4, 0.5) is 0 Å². The summed E-state index contributed by atoms with van der Waals surface area (Å²) in [6.07, 6.45) is 8.35. The molecule has 0 unspecified atom stereocenters. The van der Waals surface area contributed by atoms with Crippen molar-refractivity contribution in [2.75, 3.05) is 7.11 Å². The SMILES string of the molecule is COC(=O)c1c(O)cccc1CC[C@H]1c2ccccc2C[C@H]2CCCC[C@@H]21. The Balaban J connectivity index is 1.62. The molecule has 0 heterocycles. The summed E-state index contributed by atoms with van der Waals surface area (Å²) < 4.78 is 4.89. The fourth-order valence-electron chi connectivity index (χ4n) is 5.43. The number of phenols is 1. The third-order valence-corrected chi connectivity index (χ3v) is 6.66. The number of carbonyl (C=O) groups excluding carboxylic acids is 1. The van der Waals surface area contributed by atoms with E-state index in [1.54, 1.807) is 6.07 Å². The first-order valence-corrected chi connectivity index (χ1v) is 10.2. The monoisotopic (exact) mass is 364 g/mol. The Kier molecular flexibility index (Phi) is 5.20. The minimum absolute atomic E-state index is 0.0129. The van der Waals surface area contributed by atoms with Crippen LogP contribution in [0.15, 0.2) is 42.5 Å². The summed E-state index contributed by atoms with van der Waals surface area (Å²) in [4.78, 5) is 12.2. The minimum atomic E-state index is -0.456. The van der Waals surface area contributed by atoms with Gasteiger partial charge in [0.15, 0.2) is 0 Å². The number of ether oxygens (including phenoxy) is 1. The van der Waals surface area contributed by atoms with Crippen LogP contribution >= 0.6 is 0 Å². The molecule has 2 aliphatic rings. The van der Waals surface area contributed by atoms with Crippen LogP contribution in [-0.4, -0.2) is 18.2 Å². The van der Waals surface area contributed by atoms with Crippen molar-refractivity contribution in [2.24, 2.45) is 11.8 Å². The highest BCUT2D eigenvalue weighted by atomic mass is 16.5. The molecule has 0 aliphatic heterocycles. The number of methoxy groups -OCH3 is 1. The van der Waals surface area contributed by atoms with Crippen LogP contribution in [0.5, 0.6) is 5.75 Å². The Bertz CT molecular complexity index is 826. The summed E-state index contributed by atoms with van der Waals surface area (Å²) in [5.41, 5.74) is 4.22. The maximum atomic E-state index is 12.2. The molecular weight excluding hydrogens is 336 g/mol. The number of carbonyl (C=O) groups is 1. The zero-order chi connectivity index (χ0) is 18.8. The van der Waals surface area contributed by atoms with E-state index in [1.165, 1.54) is 50.3 Å². The number of hydrogen-bond acceptors (Lipinski definition) is 3. The van der Waals surface area contributed by atoms with Gasteiger partial charge in [0.1, 0.15) is 11.3 Å². The first-order chi connectivity index (χ1) is 13.2. The highest BCUT2D eigenvalue weighted by molar-refractivity contribution is 5.94. The van der Waals surface area contributed by atoms with E-state index in [1.807, 2.05) is 12.1 Å². The summed E-state index contributed by atoms with van der Waals surface area (Å²) in [6, 6.07) is 14.2. The zero-order valence-corrected chi connectivity index (χ0v) is 16.0. The molecule has 1 N–H and O–H groups in total. The second kappa shape index (κ2) is 7.75. The molecule has 0 aromatic heterocycles. The van der Waals surface area contributed by atoms with Gasteiger partial charge < -0.3 is 9.84 Å². The molecule has 0 spiro atoms. The summed E-state index contributed by atoms with van der Waals surface area (Å²) in [5, 5.41) is 10.2. The normalized spacial score (nSPS) is 24.0. The van der Waals surface area contributed by atoms with E-state index in [-0.39, 0.29) is 5.75 Å². The molecular formula is C24H28O3. The lowest BCUT2D eigenvalue weighted by Crippen LogP contribution is -2.32. The number of aromatic hydroxyl groups is 1. The molecule has 1 fully saturated rings. The van der Waals surface area contributed by atoms with Gasteiger partial charge in [-0.15, -0.1) is 0 Å². The lowest BCUT2D eigenvalue weighted by atomic mass is 9.62. The van der Waals surface area contributed by atoms with E-state index in [9.17, 15) is 9.90 Å². The molecule has 3 atom stereocenters. The molecule has 2 aromatic rings. The Labute approximate surface area is 161 Å². The van der Waals surface area contributed by atoms with Gasteiger partial charge in [-0.2, -0.15) is 0 Å². The Morgan fingerprint density at radius 3 is 2.78 bits per heavy atom. The highest BCUT2D eigenvalue weighted by Crippen LogP contribution is 2.48. The van der Waals surface area contributed by atoms with E-state index in [4.69, 9.17) is 4.74 Å². The van der Waals surface area contributed by atoms with E-state index in [2.05, 4.69) is 24.3 Å². The van der Waals surface area contributed by atoms with Gasteiger partial charge in [-0.3, -0.25) is 0 Å². The van der Waals surface area contributed by atoms with Gasteiger partial charge in [0, 0.05) is 0 Å². The number of esters is 1. The van der Waals surface area contributed by atoms with Crippen LogP contribution in [0.1, 0.15) is 65.1 Å². The third-order valence-electron chi connectivity index (χ3n) is 6.66. The summed E-state index contributed by atoms with van der Waals surface area (Å²) in [5.74, 6) is 1.63. The van der Waals surface area contributed by atoms with E-state index in [0.29, 0.717) is 11.5 Å². The first kappa shape index (κ1) is 18.1. The lowest BCUT2D eigenvalue weighted by molar-refractivity contribution is 0.0596. The molecule has 142 valence electrons. The van der Waals surface area contributed by atoms with Gasteiger partial charge in [0.25, 0.3) is 0 Å². The van der Waals surface area contributed by atoms with Gasteiger partial charge in [0.05, 0.1) is 7.11 Å². The Morgan fingerprint density at radius 2 is 1.93 bits per heavy atom. The second-order valence-corrected chi connectivity index (χ2v) is 8.06. The molecule has 27 heavy (non-hydrogen) atoms. The van der Waals surface area contributed by atoms with Gasteiger partial charge in [-0.25, -0.2) is 4.79 Å². The predicted molar refractivity (Wildman–Crippen MR) is 106 cm³/mol. The smallest absolute Gasteiger partial charge is 0.341 e. The van der Waals surface area contributed by atoms with E-state index >= 15 is 0 Å². The largest absolute Gasteiger partial charge is 0.507 e. The van der Waals surface area contributed by atoms with Crippen molar-refractivity contribution in [3.05, 3.63) is 64.7 Å². The molecule has 3 heteroatoms. The number of aryl methyl sites for hydroxylation is 1. The molecule has 0 amide bonds. The molecule has 0 bridgehead atoms. The van der Waals surface area contributed by atoms with Crippen LogP contribution < -0.4 is 0 Å². The summed E-state index contributed by atoms with van der Waals surface area (Å²) in [7, 11) is 1.36. The van der Waals surface area contributed by atoms with Crippen molar-refractivity contribution in [1.29, 1.82) is 0 Å². The highest BCUT2D eigenvalue weighted by Gasteiger charge is 2.37. The quantitative estimate of drug-likeness (QED) is 0.753. The molecule has 2 aliphatic carbocycles. The average molecular weight is 364 g/mol. The molecule has 1 saturated carbocycles. The second-order valence-electron chi connectivity index (χ2n) is 8.06. The van der Waals surface area contributed by atoms with Crippen molar-refractivity contribution >= 4 is 5.97 Å². The maximum absolute atomic E-state index is 12.2. The first-order valence-electron chi connectivity index (χ1n) is 10.2. The number of fused-ring (bicyclic) bond motifs is 2. The number of rotatable bonds is 4. The number of benzene rings is 2. The van der Waals surface area contributed by atoms with Crippen LogP contribution in [0.3, 0.4) is 0 Å². The molecule has 0 radical (unpaired) electrons. The van der Waals surface area contributed by atoms with Crippen molar-refractivity contribution in [3.8, 4) is 5.75 Å². The fourth-order valence-corrected chi connectivity index (χ4v) is 5.43. The Hall–Kier alpha value is -2.29. The summed E-state index contributed by atoms with van der Waals surface area (Å²) in [6.45, 7) is 0. The van der Waals surface area contributed by atoms with Crippen LogP contribution in [0.2, 0.25) is 0 Å². The van der Waals surface area contributed by atoms with Gasteiger partial charge in [-0.1, -0.05) is 49.2 Å². The third kappa shape index (κ3) is 3.47. The van der Waals surface area contributed by atoms with Crippen LogP contribution in [0, 0.1) is 11.8 Å². The van der Waals surface area contributed by atoms with Crippen molar-refractivity contribution in [2.45, 2.75) is 50.9 Å². The maximum Gasteiger partial charge on any atom is 0.341 e. The van der Waals surface area contributed by atoms with Crippen LogP contribution in [-0.2, 0) is 17.6 Å². The zero-order valence-electron chi connectivity index (χ0n) is 16.0. The van der Waals surface area contributed by atoms with Crippen molar-refractivity contribution < 1.29 is 14.6 Å². The summed E-state index contributed by atoms with van der Waals surface area (Å²) >= 11 is 0. The lowest BCUT2D eigenvalue weighted by Gasteiger charge is -2.43. The topological polar surface area (TPSA) is 46.5 Å². The molecule has 3 nitrogen and oxygen atoms in total. The van der Waals surface area contributed by atoms with Gasteiger partial charge >= 0.3 is 5.97 Å². The molecule has 4 rings (SSSR count). The number of hydrogen-bond donors (Lipinski definition) is 1. The average Bonchev–Trinajstić information content (AvgIpc) is 2.70. The predicted octanol–water partition coefficient (Wildman–Crippen LogP) is 5.26. The van der Waals surface area contributed by atoms with Crippen LogP contribution in [0.25, 0.3) is 0 Å². The standard InChI is InChI=1S/C24H28O3/c1-27-24(26)23-16(9-6-12-22(23)25)13-14-21-19-10-4-2-7-17(19)15-18-8-3-5-11-20(18)21/h2,4,6-7,9-10,12,18,20-21,25H,3,5,8,11,13-15H2,1H3/t18-,20+,21+/m1/s1. The molecule has 2 aromatic carbocycles. The van der Waals surface area contributed by atoms with E-state index in [0.717, 1.165) is 30.2 Å². The van der Waals surface area contributed by atoms with Crippen molar-refractivity contribution in [3.63, 3.8) is 0 Å². The van der Waals surface area contributed by atoms with Gasteiger partial charge in [-0.05, 0) is 72.6 Å². The molecule has 0 saturated heterocycles.